The van der Waals surface area contributed by atoms with Crippen LogP contribution in [-0.4, -0.2) is 19.3 Å². The monoisotopic (exact) mass is 422 g/mol. The highest BCUT2D eigenvalue weighted by Gasteiger charge is 2.20. The van der Waals surface area contributed by atoms with Crippen LogP contribution in [0.25, 0.3) is 22.4 Å². The van der Waals surface area contributed by atoms with Crippen molar-refractivity contribution in [1.82, 2.24) is 19.3 Å². The summed E-state index contributed by atoms with van der Waals surface area (Å²) in [6.45, 7) is 4.02. The number of nitrogens with zero attached hydrogens (tertiary/aromatic N) is 4. The predicted octanol–water partition coefficient (Wildman–Crippen LogP) is 4.51. The molecule has 158 valence electrons. The van der Waals surface area contributed by atoms with Gasteiger partial charge in [0.25, 0.3) is 5.56 Å². The van der Waals surface area contributed by atoms with Crippen LogP contribution in [0.3, 0.4) is 0 Å². The summed E-state index contributed by atoms with van der Waals surface area (Å²) in [6, 6.07) is 25.0. The Labute approximate surface area is 184 Å². The van der Waals surface area contributed by atoms with Crippen molar-refractivity contribution in [2.45, 2.75) is 13.8 Å². The van der Waals surface area contributed by atoms with E-state index in [1.165, 1.54) is 4.57 Å². The Hall–Kier alpha value is -4.39. The van der Waals surface area contributed by atoms with Gasteiger partial charge in [0, 0.05) is 5.69 Å². The third-order valence-electron chi connectivity index (χ3n) is 5.34. The zero-order valence-electron chi connectivity index (χ0n) is 17.8. The number of benzene rings is 3. The third-order valence-corrected chi connectivity index (χ3v) is 5.34. The minimum Gasteiger partial charge on any atom is -0.383 e. The maximum Gasteiger partial charge on any atom is 0.272 e. The Balaban J connectivity index is 1.76. The van der Waals surface area contributed by atoms with Crippen molar-refractivity contribution in [1.29, 1.82) is 0 Å². The number of fused-ring (bicyclic) bond motifs is 1. The van der Waals surface area contributed by atoms with E-state index in [-0.39, 0.29) is 22.4 Å². The number of rotatable bonds is 4. The van der Waals surface area contributed by atoms with Gasteiger partial charge in [-0.25, -0.2) is 9.25 Å². The Morgan fingerprint density at radius 2 is 1.44 bits per heavy atom. The van der Waals surface area contributed by atoms with Crippen molar-refractivity contribution < 1.29 is 0 Å². The van der Waals surface area contributed by atoms with Crippen LogP contribution in [0.15, 0.2) is 83.7 Å². The number of anilines is 3. The summed E-state index contributed by atoms with van der Waals surface area (Å²) in [5.41, 5.74) is 10.9. The number of nitrogens with one attached hydrogen (secondary N) is 1. The lowest BCUT2D eigenvalue weighted by atomic mass is 10.2. The van der Waals surface area contributed by atoms with Crippen LogP contribution in [0.2, 0.25) is 0 Å². The number of hydrogen-bond acceptors (Lipinski definition) is 5. The molecule has 0 bridgehead atoms. The lowest BCUT2D eigenvalue weighted by Gasteiger charge is -2.14. The standard InChI is InChI=1S/C25H22N6O/c1-16-8-12-18(13-9-16)27-25-28-23-21(22(26)31(29-23)20-6-4-3-5-7-20)24(32)30(25)19-14-10-17(2)11-15-19/h3-15H,26H2,1-2H3,(H,27,28,29). The molecule has 0 radical (unpaired) electrons. The Morgan fingerprint density at radius 3 is 2.09 bits per heavy atom. The fourth-order valence-corrected chi connectivity index (χ4v) is 3.61. The summed E-state index contributed by atoms with van der Waals surface area (Å²) in [6.07, 6.45) is 0. The number of hydrogen-bond donors (Lipinski definition) is 2. The van der Waals surface area contributed by atoms with Gasteiger partial charge in [0.2, 0.25) is 5.95 Å². The normalized spacial score (nSPS) is 11.1. The molecule has 0 aliphatic carbocycles. The fraction of sp³-hybridized carbons (Fsp3) is 0.0800. The lowest BCUT2D eigenvalue weighted by molar-refractivity contribution is 0.897. The molecule has 0 aliphatic heterocycles. The van der Waals surface area contributed by atoms with Gasteiger partial charge >= 0.3 is 0 Å². The average molecular weight is 422 g/mol. The summed E-state index contributed by atoms with van der Waals surface area (Å²) in [7, 11) is 0. The number of nitrogens with two attached hydrogens (primary N) is 1. The average Bonchev–Trinajstić information content (AvgIpc) is 3.13. The first kappa shape index (κ1) is 19.6. The van der Waals surface area contributed by atoms with Crippen LogP contribution in [0.4, 0.5) is 17.5 Å². The smallest absolute Gasteiger partial charge is 0.272 e. The molecule has 7 heteroatoms. The van der Waals surface area contributed by atoms with Crippen molar-refractivity contribution in [3.05, 3.63) is 100 Å². The number of aromatic nitrogens is 4. The maximum atomic E-state index is 13.7. The summed E-state index contributed by atoms with van der Waals surface area (Å²) in [4.78, 5) is 18.4. The largest absolute Gasteiger partial charge is 0.383 e. The van der Waals surface area contributed by atoms with Crippen molar-refractivity contribution in [2.24, 2.45) is 0 Å². The van der Waals surface area contributed by atoms with Crippen molar-refractivity contribution in [2.75, 3.05) is 11.1 Å². The van der Waals surface area contributed by atoms with Crippen LogP contribution < -0.4 is 16.6 Å². The van der Waals surface area contributed by atoms with Gasteiger partial charge in [-0.15, -0.1) is 5.10 Å². The second kappa shape index (κ2) is 7.70. The Bertz CT molecular complexity index is 1470. The molecule has 0 amide bonds. The highest BCUT2D eigenvalue weighted by Crippen LogP contribution is 2.25. The van der Waals surface area contributed by atoms with Crippen molar-refractivity contribution in [3.63, 3.8) is 0 Å². The molecule has 7 nitrogen and oxygen atoms in total. The molecule has 0 unspecified atom stereocenters. The zero-order valence-corrected chi connectivity index (χ0v) is 17.8. The molecule has 3 N–H and O–H groups in total. The molecular weight excluding hydrogens is 400 g/mol. The highest BCUT2D eigenvalue weighted by molar-refractivity contribution is 5.88. The Morgan fingerprint density at radius 1 is 0.812 bits per heavy atom. The second-order valence-electron chi connectivity index (χ2n) is 7.73. The van der Waals surface area contributed by atoms with E-state index in [1.54, 1.807) is 4.68 Å². The Kier molecular flexibility index (Phi) is 4.71. The number of aryl methyl sites for hydroxylation is 2. The van der Waals surface area contributed by atoms with Crippen molar-refractivity contribution in [3.8, 4) is 11.4 Å². The van der Waals surface area contributed by atoms with Crippen molar-refractivity contribution >= 4 is 28.5 Å². The molecule has 5 rings (SSSR count). The van der Waals surface area contributed by atoms with Gasteiger partial charge in [-0.2, -0.15) is 4.98 Å². The summed E-state index contributed by atoms with van der Waals surface area (Å²) in [5, 5.41) is 8.09. The molecule has 0 fully saturated rings. The molecule has 0 aliphatic rings. The molecule has 0 saturated heterocycles. The van der Waals surface area contributed by atoms with Crippen LogP contribution >= 0.6 is 0 Å². The zero-order chi connectivity index (χ0) is 22.2. The minimum absolute atomic E-state index is 0.256. The van der Waals surface area contributed by atoms with Crippen LogP contribution in [-0.2, 0) is 0 Å². The molecule has 5 aromatic rings. The first-order valence-electron chi connectivity index (χ1n) is 10.3. The summed E-state index contributed by atoms with van der Waals surface area (Å²) < 4.78 is 3.09. The van der Waals surface area contributed by atoms with E-state index in [4.69, 9.17) is 10.7 Å². The maximum absolute atomic E-state index is 13.7. The molecule has 0 spiro atoms. The van der Waals surface area contributed by atoms with Gasteiger partial charge in [0.05, 0.1) is 11.4 Å². The van der Waals surface area contributed by atoms with Gasteiger partial charge in [0.1, 0.15) is 11.2 Å². The second-order valence-corrected chi connectivity index (χ2v) is 7.73. The van der Waals surface area contributed by atoms with Gasteiger partial charge in [-0.3, -0.25) is 4.79 Å². The first-order valence-corrected chi connectivity index (χ1v) is 10.3. The van der Waals surface area contributed by atoms with E-state index in [9.17, 15) is 4.79 Å². The summed E-state index contributed by atoms with van der Waals surface area (Å²) >= 11 is 0. The van der Waals surface area contributed by atoms with E-state index < -0.39 is 0 Å². The molecular formula is C25H22N6O. The van der Waals surface area contributed by atoms with E-state index in [0.29, 0.717) is 11.6 Å². The van der Waals surface area contributed by atoms with Crippen LogP contribution in [0.1, 0.15) is 11.1 Å². The first-order chi connectivity index (χ1) is 15.5. The van der Waals surface area contributed by atoms with Crippen LogP contribution in [0.5, 0.6) is 0 Å². The number of para-hydroxylation sites is 1. The SMILES string of the molecule is Cc1ccc(Nc2nc3nn(-c4ccccc4)c(N)c3c(=O)n2-c2ccc(C)cc2)cc1. The lowest BCUT2D eigenvalue weighted by Crippen LogP contribution is -2.23. The quantitative estimate of drug-likeness (QED) is 0.445. The number of nitrogen functional groups attached to an aromatic ring is 1. The molecule has 2 aromatic heterocycles. The molecule has 3 aromatic carbocycles. The van der Waals surface area contributed by atoms with E-state index in [0.717, 1.165) is 22.5 Å². The molecule has 2 heterocycles. The topological polar surface area (TPSA) is 90.8 Å². The molecule has 0 atom stereocenters. The molecule has 32 heavy (non-hydrogen) atoms. The van der Waals surface area contributed by atoms with Gasteiger partial charge in [0.15, 0.2) is 5.65 Å². The van der Waals surface area contributed by atoms with E-state index in [2.05, 4.69) is 10.4 Å². The van der Waals surface area contributed by atoms with Gasteiger partial charge in [-0.05, 0) is 50.2 Å². The molecule has 0 saturated carbocycles. The minimum atomic E-state index is -0.284. The summed E-state index contributed by atoms with van der Waals surface area (Å²) in [5.74, 6) is 0.624. The fourth-order valence-electron chi connectivity index (χ4n) is 3.61. The van der Waals surface area contributed by atoms with Gasteiger partial charge in [-0.1, -0.05) is 53.6 Å². The van der Waals surface area contributed by atoms with Gasteiger partial charge < -0.3 is 11.1 Å². The third kappa shape index (κ3) is 3.39. The predicted molar refractivity (Wildman–Crippen MR) is 128 cm³/mol. The van der Waals surface area contributed by atoms with E-state index >= 15 is 0 Å². The van der Waals surface area contributed by atoms with Crippen LogP contribution in [0, 0.1) is 13.8 Å². The van der Waals surface area contributed by atoms with E-state index in [1.807, 2.05) is 92.7 Å². The highest BCUT2D eigenvalue weighted by atomic mass is 16.1.